The molecule has 2 aromatic carbocycles. The van der Waals surface area contributed by atoms with Gasteiger partial charge in [0, 0.05) is 16.7 Å². The van der Waals surface area contributed by atoms with Crippen LogP contribution in [-0.4, -0.2) is 21.1 Å². The van der Waals surface area contributed by atoms with Crippen LogP contribution in [0.3, 0.4) is 0 Å². The largest absolute Gasteiger partial charge is 0.452 e. The molecule has 1 heterocycles. The average Bonchev–Trinajstić information content (AvgIpc) is 3.09. The van der Waals surface area contributed by atoms with Crippen LogP contribution in [0.5, 0.6) is 0 Å². The minimum Gasteiger partial charge on any atom is -0.452 e. The Bertz CT molecular complexity index is 971. The van der Waals surface area contributed by atoms with Gasteiger partial charge in [0.25, 0.3) is 11.6 Å². The molecule has 0 aliphatic carbocycles. The Morgan fingerprint density at radius 2 is 1.96 bits per heavy atom. The molecule has 0 atom stereocenters. The number of esters is 1. The van der Waals surface area contributed by atoms with Crippen LogP contribution in [0.15, 0.2) is 46.9 Å². The molecule has 0 amide bonds. The fraction of sp³-hybridized carbons (Fsp3) is 0.0625. The topological polar surface area (TPSA) is 134 Å². The van der Waals surface area contributed by atoms with Gasteiger partial charge in [0.05, 0.1) is 10.5 Å². The Hall–Kier alpha value is -3.46. The number of anilines is 1. The van der Waals surface area contributed by atoms with Crippen LogP contribution in [0, 0.1) is 10.1 Å². The molecular formula is C16H11ClN4O5. The van der Waals surface area contributed by atoms with Crippen LogP contribution in [0.25, 0.3) is 11.5 Å². The van der Waals surface area contributed by atoms with Crippen molar-refractivity contribution >= 4 is 28.9 Å². The standard InChI is InChI=1S/C16H11ClN4O5/c17-11-4-1-9(2-5-11)15-20-19-14(26-15)8-25-16(22)10-3-6-12(18)13(7-10)21(23)24/h1-7H,8,18H2. The first-order chi connectivity index (χ1) is 12.4. The van der Waals surface area contributed by atoms with Crippen molar-refractivity contribution in [3.63, 3.8) is 0 Å². The van der Waals surface area contributed by atoms with Crippen molar-refractivity contribution in [1.82, 2.24) is 10.2 Å². The van der Waals surface area contributed by atoms with Crippen molar-refractivity contribution in [3.05, 3.63) is 69.1 Å². The molecule has 26 heavy (non-hydrogen) atoms. The molecule has 9 nitrogen and oxygen atoms in total. The molecule has 132 valence electrons. The fourth-order valence-electron chi connectivity index (χ4n) is 2.06. The summed E-state index contributed by atoms with van der Waals surface area (Å²) in [4.78, 5) is 22.2. The first-order valence-corrected chi connectivity index (χ1v) is 7.61. The first kappa shape index (κ1) is 17.4. The summed E-state index contributed by atoms with van der Waals surface area (Å²) in [6, 6.07) is 10.4. The maximum Gasteiger partial charge on any atom is 0.338 e. The third kappa shape index (κ3) is 3.78. The molecule has 2 N–H and O–H groups in total. The number of nitro benzene ring substituents is 1. The molecular weight excluding hydrogens is 364 g/mol. The van der Waals surface area contributed by atoms with Crippen molar-refractivity contribution in [2.24, 2.45) is 0 Å². The minimum atomic E-state index is -0.778. The highest BCUT2D eigenvalue weighted by atomic mass is 35.5. The number of nitrogens with two attached hydrogens (primary N) is 1. The van der Waals surface area contributed by atoms with Crippen LogP contribution in [0.1, 0.15) is 16.2 Å². The lowest BCUT2D eigenvalue weighted by atomic mass is 10.2. The molecule has 0 radical (unpaired) electrons. The van der Waals surface area contributed by atoms with E-state index in [0.29, 0.717) is 10.6 Å². The van der Waals surface area contributed by atoms with Gasteiger partial charge in [0.1, 0.15) is 5.69 Å². The third-order valence-electron chi connectivity index (χ3n) is 3.35. The van der Waals surface area contributed by atoms with Crippen molar-refractivity contribution in [2.75, 3.05) is 5.73 Å². The Labute approximate surface area is 151 Å². The number of aromatic nitrogens is 2. The molecule has 3 rings (SSSR count). The van der Waals surface area contributed by atoms with Crippen LogP contribution in [0.2, 0.25) is 5.02 Å². The number of carbonyl (C=O) groups excluding carboxylic acids is 1. The normalized spacial score (nSPS) is 10.5. The Balaban J connectivity index is 1.68. The Kier molecular flexibility index (Phi) is 4.81. The van der Waals surface area contributed by atoms with Gasteiger partial charge in [-0.2, -0.15) is 0 Å². The number of rotatable bonds is 5. The lowest BCUT2D eigenvalue weighted by Crippen LogP contribution is -2.07. The van der Waals surface area contributed by atoms with Gasteiger partial charge >= 0.3 is 5.97 Å². The third-order valence-corrected chi connectivity index (χ3v) is 3.60. The highest BCUT2D eigenvalue weighted by molar-refractivity contribution is 6.30. The van der Waals surface area contributed by atoms with Gasteiger partial charge in [-0.1, -0.05) is 11.6 Å². The second-order valence-corrected chi connectivity index (χ2v) is 5.55. The fourth-order valence-corrected chi connectivity index (χ4v) is 2.19. The maximum absolute atomic E-state index is 12.0. The number of nitrogen functional groups attached to an aromatic ring is 1. The summed E-state index contributed by atoms with van der Waals surface area (Å²) in [5.41, 5.74) is 5.72. The molecule has 0 unspecified atom stereocenters. The molecule has 0 fully saturated rings. The lowest BCUT2D eigenvalue weighted by molar-refractivity contribution is -0.383. The van der Waals surface area contributed by atoms with Gasteiger partial charge in [-0.15, -0.1) is 10.2 Å². The molecule has 0 saturated carbocycles. The second kappa shape index (κ2) is 7.19. The summed E-state index contributed by atoms with van der Waals surface area (Å²) in [5, 5.41) is 19.1. The monoisotopic (exact) mass is 374 g/mol. The van der Waals surface area contributed by atoms with Crippen molar-refractivity contribution in [2.45, 2.75) is 6.61 Å². The van der Waals surface area contributed by atoms with E-state index < -0.39 is 10.9 Å². The summed E-state index contributed by atoms with van der Waals surface area (Å²) >= 11 is 5.81. The van der Waals surface area contributed by atoms with Gasteiger partial charge < -0.3 is 14.9 Å². The Morgan fingerprint density at radius 3 is 2.65 bits per heavy atom. The highest BCUT2D eigenvalue weighted by Crippen LogP contribution is 2.23. The summed E-state index contributed by atoms with van der Waals surface area (Å²) in [5.74, 6) is -0.455. The van der Waals surface area contributed by atoms with Gasteiger partial charge in [-0.3, -0.25) is 10.1 Å². The molecule has 10 heteroatoms. The van der Waals surface area contributed by atoms with Crippen molar-refractivity contribution in [1.29, 1.82) is 0 Å². The minimum absolute atomic E-state index is 0.0108. The number of halogens is 1. The SMILES string of the molecule is Nc1ccc(C(=O)OCc2nnc(-c3ccc(Cl)cc3)o2)cc1[N+](=O)[O-]. The zero-order valence-electron chi connectivity index (χ0n) is 13.1. The van der Waals surface area contributed by atoms with Crippen molar-refractivity contribution in [3.8, 4) is 11.5 Å². The first-order valence-electron chi connectivity index (χ1n) is 7.23. The van der Waals surface area contributed by atoms with E-state index in [2.05, 4.69) is 10.2 Å². The van der Waals surface area contributed by atoms with Gasteiger partial charge in [-0.05, 0) is 36.4 Å². The summed E-state index contributed by atoms with van der Waals surface area (Å²) in [6.07, 6.45) is 0. The van der Waals surface area contributed by atoms with Crippen LogP contribution in [-0.2, 0) is 11.3 Å². The number of benzene rings is 2. The van der Waals surface area contributed by atoms with E-state index in [1.807, 2.05) is 0 Å². The molecule has 0 aliphatic heterocycles. The second-order valence-electron chi connectivity index (χ2n) is 5.11. The average molecular weight is 375 g/mol. The summed E-state index contributed by atoms with van der Waals surface area (Å²) in [7, 11) is 0. The summed E-state index contributed by atoms with van der Waals surface area (Å²) in [6.45, 7) is -0.280. The molecule has 0 bridgehead atoms. The van der Waals surface area contributed by atoms with E-state index in [4.69, 9.17) is 26.5 Å². The number of hydrogen-bond donors (Lipinski definition) is 1. The number of ether oxygens (including phenoxy) is 1. The number of nitro groups is 1. The zero-order valence-corrected chi connectivity index (χ0v) is 13.8. The van der Waals surface area contributed by atoms with Gasteiger partial charge in [-0.25, -0.2) is 4.79 Å². The molecule has 1 aromatic heterocycles. The Morgan fingerprint density at radius 1 is 1.23 bits per heavy atom. The zero-order chi connectivity index (χ0) is 18.7. The smallest absolute Gasteiger partial charge is 0.338 e. The number of carbonyl (C=O) groups is 1. The van der Waals surface area contributed by atoms with Crippen LogP contribution >= 0.6 is 11.6 Å². The molecule has 0 spiro atoms. The molecule has 0 aliphatic rings. The van der Waals surface area contributed by atoms with E-state index in [1.54, 1.807) is 24.3 Å². The van der Waals surface area contributed by atoms with E-state index >= 15 is 0 Å². The number of nitrogens with zero attached hydrogens (tertiary/aromatic N) is 3. The van der Waals surface area contributed by atoms with Gasteiger partial charge in [0.2, 0.25) is 5.89 Å². The molecule has 0 saturated heterocycles. The van der Waals surface area contributed by atoms with E-state index in [0.717, 1.165) is 6.07 Å². The number of hydrogen-bond acceptors (Lipinski definition) is 8. The van der Waals surface area contributed by atoms with E-state index in [1.165, 1.54) is 12.1 Å². The predicted molar refractivity (Wildman–Crippen MR) is 91.4 cm³/mol. The van der Waals surface area contributed by atoms with Gasteiger partial charge in [0.15, 0.2) is 6.61 Å². The lowest BCUT2D eigenvalue weighted by Gasteiger charge is -2.03. The maximum atomic E-state index is 12.0. The quantitative estimate of drug-likeness (QED) is 0.311. The van der Waals surface area contributed by atoms with E-state index in [9.17, 15) is 14.9 Å². The van der Waals surface area contributed by atoms with Crippen molar-refractivity contribution < 1.29 is 18.9 Å². The predicted octanol–water partition coefficient (Wildman–Crippen LogP) is 3.24. The summed E-state index contributed by atoms with van der Waals surface area (Å²) < 4.78 is 10.4. The van der Waals surface area contributed by atoms with Crippen LogP contribution in [0.4, 0.5) is 11.4 Å². The van der Waals surface area contributed by atoms with Crippen LogP contribution < -0.4 is 5.73 Å². The van der Waals surface area contributed by atoms with E-state index in [-0.39, 0.29) is 35.3 Å². The highest BCUT2D eigenvalue weighted by Gasteiger charge is 2.17. The molecule has 3 aromatic rings.